The number of ether oxygens (including phenoxy) is 5. The van der Waals surface area contributed by atoms with Crippen molar-refractivity contribution in [2.24, 2.45) is 4.99 Å². The van der Waals surface area contributed by atoms with Crippen LogP contribution in [0.2, 0.25) is 0 Å². The Bertz CT molecular complexity index is 2320. The van der Waals surface area contributed by atoms with Crippen LogP contribution in [0.4, 0.5) is 0 Å². The standard InChI is InChI=1S/C40H39IN2O7S/c1-7-47-33-19-25(18-30(41)37(33)49-22-28-14-11-13-26-12-9-10-15-29(26)28)20-34-38(44)43-36(27-16-17-31(50-23(3)4)32(21-27)46-6)35(39(45)48-8-2)24(5)42-40(43)51-34/h9-21,23,36H,7-8,22H2,1-6H3/b34-20+/t36-/m0/s1. The van der Waals surface area contributed by atoms with Crippen LogP contribution in [0.5, 0.6) is 23.0 Å². The van der Waals surface area contributed by atoms with Gasteiger partial charge in [0.25, 0.3) is 5.56 Å². The number of benzene rings is 4. The number of allylic oxidation sites excluding steroid dienone is 1. The van der Waals surface area contributed by atoms with Gasteiger partial charge in [-0.2, -0.15) is 0 Å². The summed E-state index contributed by atoms with van der Waals surface area (Å²) >= 11 is 3.50. The van der Waals surface area contributed by atoms with Crippen molar-refractivity contribution in [3.63, 3.8) is 0 Å². The van der Waals surface area contributed by atoms with E-state index in [0.29, 0.717) is 56.8 Å². The maximum absolute atomic E-state index is 14.3. The number of rotatable bonds is 12. The number of methoxy groups -OCH3 is 1. The van der Waals surface area contributed by atoms with Crippen LogP contribution in [0.3, 0.4) is 0 Å². The van der Waals surface area contributed by atoms with Crippen molar-refractivity contribution in [2.45, 2.75) is 53.4 Å². The topological polar surface area (TPSA) is 97.6 Å². The molecule has 0 spiro atoms. The van der Waals surface area contributed by atoms with Gasteiger partial charge < -0.3 is 23.7 Å². The number of carbonyl (C=O) groups is 1. The second-order valence-electron chi connectivity index (χ2n) is 12.1. The minimum atomic E-state index is -0.798. The second kappa shape index (κ2) is 15.7. The summed E-state index contributed by atoms with van der Waals surface area (Å²) in [5.74, 6) is 1.73. The van der Waals surface area contributed by atoms with Crippen LogP contribution in [0.15, 0.2) is 93.9 Å². The van der Waals surface area contributed by atoms with E-state index in [1.807, 2.05) is 63.2 Å². The highest BCUT2D eigenvalue weighted by atomic mass is 127. The number of halogens is 1. The molecule has 0 aliphatic carbocycles. The third-order valence-electron chi connectivity index (χ3n) is 8.26. The normalized spacial score (nSPS) is 14.4. The fourth-order valence-corrected chi connectivity index (χ4v) is 7.93. The van der Waals surface area contributed by atoms with Crippen LogP contribution in [-0.4, -0.2) is 37.0 Å². The van der Waals surface area contributed by atoms with E-state index in [4.69, 9.17) is 28.7 Å². The Labute approximate surface area is 313 Å². The summed E-state index contributed by atoms with van der Waals surface area (Å²) in [5, 5.41) is 2.29. The fraction of sp³-hybridized carbons (Fsp3) is 0.275. The average Bonchev–Trinajstić information content (AvgIpc) is 3.40. The van der Waals surface area contributed by atoms with E-state index < -0.39 is 12.0 Å². The Kier molecular flexibility index (Phi) is 11.2. The van der Waals surface area contributed by atoms with Crippen molar-refractivity contribution in [1.29, 1.82) is 0 Å². The van der Waals surface area contributed by atoms with Crippen molar-refractivity contribution in [3.8, 4) is 23.0 Å². The second-order valence-corrected chi connectivity index (χ2v) is 14.2. The molecular weight excluding hydrogens is 779 g/mol. The van der Waals surface area contributed by atoms with Gasteiger partial charge in [0, 0.05) is 0 Å². The van der Waals surface area contributed by atoms with Gasteiger partial charge in [-0.05, 0) is 115 Å². The Morgan fingerprint density at radius 2 is 1.76 bits per heavy atom. The van der Waals surface area contributed by atoms with Gasteiger partial charge in [0.15, 0.2) is 27.8 Å². The van der Waals surface area contributed by atoms with Gasteiger partial charge in [-0.3, -0.25) is 9.36 Å². The Hall–Kier alpha value is -4.62. The summed E-state index contributed by atoms with van der Waals surface area (Å²) in [6, 6.07) is 22.9. The van der Waals surface area contributed by atoms with Crippen molar-refractivity contribution >= 4 is 56.7 Å². The lowest BCUT2D eigenvalue weighted by Gasteiger charge is -2.25. The molecule has 5 aromatic rings. The molecule has 2 heterocycles. The van der Waals surface area contributed by atoms with Crippen LogP contribution < -0.4 is 33.8 Å². The predicted octanol–water partition coefficient (Wildman–Crippen LogP) is 7.33. The van der Waals surface area contributed by atoms with Crippen molar-refractivity contribution < 1.29 is 28.5 Å². The predicted molar refractivity (Wildman–Crippen MR) is 208 cm³/mol. The molecule has 1 aliphatic heterocycles. The Morgan fingerprint density at radius 3 is 2.51 bits per heavy atom. The van der Waals surface area contributed by atoms with Crippen LogP contribution in [0, 0.1) is 3.57 Å². The molecule has 6 rings (SSSR count). The zero-order chi connectivity index (χ0) is 36.2. The van der Waals surface area contributed by atoms with Crippen molar-refractivity contribution in [1.82, 2.24) is 4.57 Å². The average molecular weight is 819 g/mol. The number of hydrogen-bond donors (Lipinski definition) is 0. The van der Waals surface area contributed by atoms with Crippen molar-refractivity contribution in [3.05, 3.63) is 124 Å². The quantitative estimate of drug-likeness (QED) is 0.0962. The lowest BCUT2D eigenvalue weighted by Crippen LogP contribution is -2.40. The van der Waals surface area contributed by atoms with Gasteiger partial charge in [0.05, 0.1) is 51.8 Å². The molecule has 51 heavy (non-hydrogen) atoms. The molecular formula is C40H39IN2O7S. The molecule has 1 aromatic heterocycles. The third-order valence-corrected chi connectivity index (χ3v) is 10.0. The molecule has 0 amide bonds. The first-order chi connectivity index (χ1) is 24.6. The number of thiazole rings is 1. The summed E-state index contributed by atoms with van der Waals surface area (Å²) in [6.45, 7) is 10.3. The molecule has 0 N–H and O–H groups in total. The highest BCUT2D eigenvalue weighted by Gasteiger charge is 2.34. The van der Waals surface area contributed by atoms with Gasteiger partial charge in [-0.1, -0.05) is 59.9 Å². The van der Waals surface area contributed by atoms with Gasteiger partial charge in [-0.15, -0.1) is 0 Å². The monoisotopic (exact) mass is 818 g/mol. The molecule has 1 aliphatic rings. The molecule has 0 unspecified atom stereocenters. The number of hydrogen-bond acceptors (Lipinski definition) is 9. The molecule has 1 atom stereocenters. The minimum absolute atomic E-state index is 0.0733. The lowest BCUT2D eigenvalue weighted by molar-refractivity contribution is -0.139. The van der Waals surface area contributed by atoms with Gasteiger partial charge >= 0.3 is 5.97 Å². The van der Waals surface area contributed by atoms with E-state index in [1.54, 1.807) is 37.7 Å². The maximum Gasteiger partial charge on any atom is 0.338 e. The number of nitrogens with zero attached hydrogens (tertiary/aromatic N) is 2. The molecule has 264 valence electrons. The molecule has 9 nitrogen and oxygen atoms in total. The number of aromatic nitrogens is 1. The number of fused-ring (bicyclic) bond motifs is 2. The first kappa shape index (κ1) is 36.2. The highest BCUT2D eigenvalue weighted by molar-refractivity contribution is 14.1. The van der Waals surface area contributed by atoms with Gasteiger partial charge in [0.1, 0.15) is 6.61 Å². The van der Waals surface area contributed by atoms with E-state index in [1.165, 1.54) is 11.3 Å². The van der Waals surface area contributed by atoms with Crippen LogP contribution >= 0.6 is 33.9 Å². The fourth-order valence-electron chi connectivity index (χ4n) is 6.11. The van der Waals surface area contributed by atoms with E-state index >= 15 is 0 Å². The van der Waals surface area contributed by atoms with Crippen LogP contribution in [-0.2, 0) is 16.1 Å². The van der Waals surface area contributed by atoms with E-state index in [2.05, 4.69) is 46.9 Å². The van der Waals surface area contributed by atoms with E-state index in [-0.39, 0.29) is 23.8 Å². The number of esters is 1. The lowest BCUT2D eigenvalue weighted by atomic mass is 9.95. The Morgan fingerprint density at radius 1 is 0.980 bits per heavy atom. The molecule has 0 fully saturated rings. The molecule has 11 heteroatoms. The van der Waals surface area contributed by atoms with Gasteiger partial charge in [-0.25, -0.2) is 9.79 Å². The SMILES string of the molecule is CCOC(=O)C1=C(C)N=c2s/c(=C/c3cc(I)c(OCc4cccc5ccccc45)c(OCC)c3)c(=O)n2[C@H]1c1ccc(OC(C)C)c(OC)c1. The zero-order valence-electron chi connectivity index (χ0n) is 29.3. The Balaban J connectivity index is 1.42. The summed E-state index contributed by atoms with van der Waals surface area (Å²) in [7, 11) is 1.56. The van der Waals surface area contributed by atoms with E-state index in [0.717, 1.165) is 25.5 Å². The maximum atomic E-state index is 14.3. The highest BCUT2D eigenvalue weighted by Crippen LogP contribution is 2.38. The first-order valence-electron chi connectivity index (χ1n) is 16.7. The summed E-state index contributed by atoms with van der Waals surface area (Å²) in [6.07, 6.45) is 1.75. The molecule has 0 saturated heterocycles. The van der Waals surface area contributed by atoms with Crippen LogP contribution in [0.25, 0.3) is 16.8 Å². The summed E-state index contributed by atoms with van der Waals surface area (Å²) in [4.78, 5) is 32.9. The zero-order valence-corrected chi connectivity index (χ0v) is 32.3. The molecule has 0 radical (unpaired) electrons. The largest absolute Gasteiger partial charge is 0.493 e. The molecule has 0 bridgehead atoms. The van der Waals surface area contributed by atoms with Gasteiger partial charge in [0.2, 0.25) is 0 Å². The number of carbonyl (C=O) groups excluding carboxylic acids is 1. The summed E-state index contributed by atoms with van der Waals surface area (Å²) < 4.78 is 32.4. The van der Waals surface area contributed by atoms with Crippen molar-refractivity contribution in [2.75, 3.05) is 20.3 Å². The van der Waals surface area contributed by atoms with Crippen LogP contribution in [0.1, 0.15) is 57.4 Å². The summed E-state index contributed by atoms with van der Waals surface area (Å²) in [5.41, 5.74) is 2.98. The third kappa shape index (κ3) is 7.55. The van der Waals surface area contributed by atoms with E-state index in [9.17, 15) is 9.59 Å². The first-order valence-corrected chi connectivity index (χ1v) is 18.6. The smallest absolute Gasteiger partial charge is 0.338 e. The minimum Gasteiger partial charge on any atom is -0.493 e. The molecule has 0 saturated carbocycles. The molecule has 4 aromatic carbocycles.